The predicted octanol–water partition coefficient (Wildman–Crippen LogP) is 3.60. The Morgan fingerprint density at radius 1 is 1.22 bits per heavy atom. The van der Waals surface area contributed by atoms with Crippen molar-refractivity contribution in [2.24, 2.45) is 0 Å². The van der Waals surface area contributed by atoms with Crippen LogP contribution in [0.3, 0.4) is 0 Å². The monoisotopic (exact) mass is 334 g/mol. The van der Waals surface area contributed by atoms with Crippen LogP contribution in [0.5, 0.6) is 5.75 Å². The molecule has 124 valence electrons. The van der Waals surface area contributed by atoms with Crippen molar-refractivity contribution in [1.82, 2.24) is 4.90 Å². The second kappa shape index (κ2) is 7.55. The topological polar surface area (TPSA) is 49.9 Å². The highest BCUT2D eigenvalue weighted by Crippen LogP contribution is 2.34. The maximum atomic E-state index is 12.2. The van der Waals surface area contributed by atoms with Crippen LogP contribution >= 0.6 is 11.8 Å². The van der Waals surface area contributed by atoms with Gasteiger partial charge in [0.2, 0.25) is 0 Å². The Balaban J connectivity index is 2.35. The van der Waals surface area contributed by atoms with Crippen molar-refractivity contribution in [2.75, 3.05) is 31.6 Å². The lowest BCUT2D eigenvalue weighted by molar-refractivity contribution is -0.122. The Morgan fingerprint density at radius 3 is 2.43 bits per heavy atom. The van der Waals surface area contributed by atoms with E-state index in [1.165, 1.54) is 4.90 Å². The van der Waals surface area contributed by atoms with Crippen LogP contribution < -0.4 is 9.64 Å². The van der Waals surface area contributed by atoms with E-state index in [-0.39, 0.29) is 11.1 Å². The summed E-state index contributed by atoms with van der Waals surface area (Å²) in [6.45, 7) is 8.21. The summed E-state index contributed by atoms with van der Waals surface area (Å²) in [5, 5.41) is -0.220. The van der Waals surface area contributed by atoms with Gasteiger partial charge in [-0.3, -0.25) is 14.5 Å². The SMILES string of the molecule is CCN1C(=O)S/C(=C/c2ccc(N(CC)CC)cc2OC)C1=O. The van der Waals surface area contributed by atoms with Gasteiger partial charge in [0, 0.05) is 37.0 Å². The molecule has 0 saturated carbocycles. The number of imide groups is 1. The molecule has 1 saturated heterocycles. The number of carbonyl (C=O) groups is 2. The van der Waals surface area contributed by atoms with Crippen LogP contribution in [-0.4, -0.2) is 42.8 Å². The zero-order chi connectivity index (χ0) is 17.0. The second-order valence-corrected chi connectivity index (χ2v) is 6.02. The minimum absolute atomic E-state index is 0.220. The van der Waals surface area contributed by atoms with Gasteiger partial charge in [-0.2, -0.15) is 0 Å². The summed E-state index contributed by atoms with van der Waals surface area (Å²) >= 11 is 0.972. The van der Waals surface area contributed by atoms with E-state index < -0.39 is 0 Å². The lowest BCUT2D eigenvalue weighted by atomic mass is 10.1. The van der Waals surface area contributed by atoms with E-state index in [4.69, 9.17) is 4.74 Å². The van der Waals surface area contributed by atoms with E-state index in [1.807, 2.05) is 18.2 Å². The minimum atomic E-state index is -0.239. The van der Waals surface area contributed by atoms with Crippen molar-refractivity contribution in [3.05, 3.63) is 28.7 Å². The van der Waals surface area contributed by atoms with Gasteiger partial charge in [0.25, 0.3) is 11.1 Å². The molecule has 0 atom stereocenters. The fourth-order valence-corrected chi connectivity index (χ4v) is 3.41. The largest absolute Gasteiger partial charge is 0.496 e. The van der Waals surface area contributed by atoms with Gasteiger partial charge in [-0.05, 0) is 50.7 Å². The number of ether oxygens (including phenoxy) is 1. The van der Waals surface area contributed by atoms with E-state index in [2.05, 4.69) is 18.7 Å². The van der Waals surface area contributed by atoms with Crippen LogP contribution in [0, 0.1) is 0 Å². The number of benzene rings is 1. The molecule has 2 rings (SSSR count). The van der Waals surface area contributed by atoms with Crippen molar-refractivity contribution < 1.29 is 14.3 Å². The fraction of sp³-hybridized carbons (Fsp3) is 0.412. The van der Waals surface area contributed by atoms with Gasteiger partial charge >= 0.3 is 0 Å². The summed E-state index contributed by atoms with van der Waals surface area (Å²) in [4.78, 5) is 27.9. The maximum absolute atomic E-state index is 12.2. The molecular formula is C17H22N2O3S. The summed E-state index contributed by atoms with van der Waals surface area (Å²) in [6.07, 6.45) is 1.73. The van der Waals surface area contributed by atoms with Crippen LogP contribution in [0.1, 0.15) is 26.3 Å². The molecule has 1 heterocycles. The predicted molar refractivity (Wildman–Crippen MR) is 94.9 cm³/mol. The van der Waals surface area contributed by atoms with Crippen molar-refractivity contribution in [3.8, 4) is 5.75 Å². The van der Waals surface area contributed by atoms with Gasteiger partial charge in [0.05, 0.1) is 12.0 Å². The molecule has 0 unspecified atom stereocenters. The van der Waals surface area contributed by atoms with E-state index >= 15 is 0 Å². The van der Waals surface area contributed by atoms with Gasteiger partial charge in [0.15, 0.2) is 0 Å². The average molecular weight is 334 g/mol. The molecule has 0 N–H and O–H groups in total. The fourth-order valence-electron chi connectivity index (χ4n) is 2.52. The Bertz CT molecular complexity index is 639. The van der Waals surface area contributed by atoms with Crippen LogP contribution in [0.4, 0.5) is 10.5 Å². The molecule has 1 aromatic rings. The molecule has 1 aromatic carbocycles. The molecule has 2 amide bonds. The lowest BCUT2D eigenvalue weighted by Crippen LogP contribution is -2.27. The molecule has 1 fully saturated rings. The first kappa shape index (κ1) is 17.4. The average Bonchev–Trinajstić information content (AvgIpc) is 2.83. The molecular weight excluding hydrogens is 312 g/mol. The molecule has 0 bridgehead atoms. The summed E-state index contributed by atoms with van der Waals surface area (Å²) in [7, 11) is 1.61. The maximum Gasteiger partial charge on any atom is 0.293 e. The van der Waals surface area contributed by atoms with Gasteiger partial charge in [-0.15, -0.1) is 0 Å². The first-order chi connectivity index (χ1) is 11.0. The number of hydrogen-bond acceptors (Lipinski definition) is 5. The van der Waals surface area contributed by atoms with Gasteiger partial charge < -0.3 is 9.64 Å². The molecule has 0 spiro atoms. The molecule has 6 heteroatoms. The van der Waals surface area contributed by atoms with Gasteiger partial charge in [0.1, 0.15) is 5.75 Å². The van der Waals surface area contributed by atoms with E-state index in [1.54, 1.807) is 20.1 Å². The van der Waals surface area contributed by atoms with Crippen LogP contribution in [0.15, 0.2) is 23.1 Å². The number of nitrogens with zero attached hydrogens (tertiary/aromatic N) is 2. The van der Waals surface area contributed by atoms with Crippen molar-refractivity contribution >= 4 is 34.7 Å². The normalized spacial score (nSPS) is 16.3. The number of likely N-dealkylation sites (N-methyl/N-ethyl adjacent to an activating group) is 1. The molecule has 0 aliphatic carbocycles. The highest BCUT2D eigenvalue weighted by atomic mass is 32.2. The van der Waals surface area contributed by atoms with Crippen LogP contribution in [0.2, 0.25) is 0 Å². The van der Waals surface area contributed by atoms with Gasteiger partial charge in [-0.25, -0.2) is 0 Å². The Morgan fingerprint density at radius 2 is 1.91 bits per heavy atom. The smallest absolute Gasteiger partial charge is 0.293 e. The number of anilines is 1. The van der Waals surface area contributed by atoms with Crippen molar-refractivity contribution in [2.45, 2.75) is 20.8 Å². The summed E-state index contributed by atoms with van der Waals surface area (Å²) in [5.74, 6) is 0.454. The van der Waals surface area contributed by atoms with Crippen LogP contribution in [-0.2, 0) is 4.79 Å². The standard InChI is InChI=1S/C17H22N2O3S/c1-5-18(6-2)13-9-8-12(14(11-13)22-4)10-15-16(20)19(7-3)17(21)23-15/h8-11H,5-7H2,1-4H3/b15-10+. The van der Waals surface area contributed by atoms with Crippen molar-refractivity contribution in [1.29, 1.82) is 0 Å². The number of amides is 2. The zero-order valence-electron chi connectivity index (χ0n) is 14.0. The molecule has 0 radical (unpaired) electrons. The summed E-state index contributed by atoms with van der Waals surface area (Å²) < 4.78 is 5.46. The first-order valence-corrected chi connectivity index (χ1v) is 8.55. The molecule has 0 aromatic heterocycles. The first-order valence-electron chi connectivity index (χ1n) is 7.74. The molecule has 23 heavy (non-hydrogen) atoms. The third-order valence-electron chi connectivity index (χ3n) is 3.82. The number of carbonyl (C=O) groups excluding carboxylic acids is 2. The highest BCUT2D eigenvalue weighted by Gasteiger charge is 2.33. The molecule has 5 nitrogen and oxygen atoms in total. The second-order valence-electron chi connectivity index (χ2n) is 5.02. The van der Waals surface area contributed by atoms with Gasteiger partial charge in [-0.1, -0.05) is 0 Å². The molecule has 1 aliphatic heterocycles. The lowest BCUT2D eigenvalue weighted by Gasteiger charge is -2.22. The number of rotatable bonds is 6. The summed E-state index contributed by atoms with van der Waals surface area (Å²) in [6, 6.07) is 5.89. The Labute approximate surface area is 141 Å². The zero-order valence-corrected chi connectivity index (χ0v) is 14.8. The van der Waals surface area contributed by atoms with E-state index in [0.29, 0.717) is 17.2 Å². The number of thioether (sulfide) groups is 1. The third kappa shape index (κ3) is 3.52. The minimum Gasteiger partial charge on any atom is -0.496 e. The van der Waals surface area contributed by atoms with E-state index in [9.17, 15) is 9.59 Å². The third-order valence-corrected chi connectivity index (χ3v) is 4.73. The quantitative estimate of drug-likeness (QED) is 0.744. The Hall–Kier alpha value is -1.95. The highest BCUT2D eigenvalue weighted by molar-refractivity contribution is 8.18. The van der Waals surface area contributed by atoms with Crippen molar-refractivity contribution in [3.63, 3.8) is 0 Å². The summed E-state index contributed by atoms with van der Waals surface area (Å²) in [5.41, 5.74) is 1.87. The van der Waals surface area contributed by atoms with Crippen LogP contribution in [0.25, 0.3) is 6.08 Å². The Kier molecular flexibility index (Phi) is 5.71. The number of methoxy groups -OCH3 is 1. The van der Waals surface area contributed by atoms with E-state index in [0.717, 1.165) is 36.1 Å². The molecule has 1 aliphatic rings. The number of hydrogen-bond donors (Lipinski definition) is 0.